The van der Waals surface area contributed by atoms with Crippen LogP contribution < -0.4 is 0 Å². The van der Waals surface area contributed by atoms with Gasteiger partial charge in [0.1, 0.15) is 5.52 Å². The summed E-state index contributed by atoms with van der Waals surface area (Å²) < 4.78 is 2.00. The topological polar surface area (TPSA) is 55.1 Å². The molecule has 19 heavy (non-hydrogen) atoms. The number of aryl methyl sites for hydroxylation is 2. The van der Waals surface area contributed by atoms with Gasteiger partial charge in [-0.25, -0.2) is 9.78 Å². The zero-order valence-electron chi connectivity index (χ0n) is 10.1. The van der Waals surface area contributed by atoms with Crippen molar-refractivity contribution in [2.24, 2.45) is 0 Å². The number of aromatic carboxylic acids is 1. The highest BCUT2D eigenvalue weighted by Gasteiger charge is 2.12. The molecule has 0 aliphatic heterocycles. The summed E-state index contributed by atoms with van der Waals surface area (Å²) in [6.45, 7) is 0.802. The first-order valence-electron chi connectivity index (χ1n) is 5.94. The van der Waals surface area contributed by atoms with E-state index >= 15 is 0 Å². The van der Waals surface area contributed by atoms with Gasteiger partial charge in [0.05, 0.1) is 17.4 Å². The molecule has 1 aromatic carbocycles. The molecule has 0 saturated heterocycles. The van der Waals surface area contributed by atoms with Crippen molar-refractivity contribution in [3.05, 3.63) is 52.5 Å². The molecule has 0 unspecified atom stereocenters. The maximum atomic E-state index is 11.1. The number of benzene rings is 1. The molecular formula is C14H12N2O2S. The number of aromatic nitrogens is 2. The Kier molecular flexibility index (Phi) is 3.05. The minimum absolute atomic E-state index is 0.256. The molecule has 0 amide bonds. The number of carboxylic acid groups (broad SMARTS) is 1. The van der Waals surface area contributed by atoms with E-state index in [0.717, 1.165) is 18.5 Å². The average molecular weight is 272 g/mol. The number of hydrogen-bond acceptors (Lipinski definition) is 3. The van der Waals surface area contributed by atoms with Crippen LogP contribution in [0.5, 0.6) is 0 Å². The number of nitrogens with zero attached hydrogens (tertiary/aromatic N) is 2. The lowest BCUT2D eigenvalue weighted by Crippen LogP contribution is -2.00. The third kappa shape index (κ3) is 2.24. The zero-order valence-corrected chi connectivity index (χ0v) is 10.9. The Morgan fingerprint density at radius 1 is 1.37 bits per heavy atom. The second kappa shape index (κ2) is 4.85. The lowest BCUT2D eigenvalue weighted by Gasteiger charge is -2.03. The number of fused-ring (bicyclic) bond motifs is 1. The van der Waals surface area contributed by atoms with Crippen molar-refractivity contribution < 1.29 is 9.90 Å². The summed E-state index contributed by atoms with van der Waals surface area (Å²) in [5, 5.41) is 13.3. The second-order valence-electron chi connectivity index (χ2n) is 4.30. The van der Waals surface area contributed by atoms with Crippen LogP contribution in [0, 0.1) is 0 Å². The van der Waals surface area contributed by atoms with E-state index in [1.165, 1.54) is 5.56 Å². The van der Waals surface area contributed by atoms with E-state index in [1.807, 2.05) is 10.6 Å². The van der Waals surface area contributed by atoms with Gasteiger partial charge in [-0.3, -0.25) is 0 Å². The molecule has 3 aromatic rings. The molecule has 2 aromatic heterocycles. The van der Waals surface area contributed by atoms with E-state index in [4.69, 9.17) is 5.11 Å². The SMILES string of the molecule is O=C(O)c1cccc2c1ncn2CCc1ccsc1. The van der Waals surface area contributed by atoms with Gasteiger partial charge < -0.3 is 9.67 Å². The molecule has 0 aliphatic rings. The predicted molar refractivity (Wildman–Crippen MR) is 74.7 cm³/mol. The van der Waals surface area contributed by atoms with Crippen LogP contribution in [0.1, 0.15) is 15.9 Å². The standard InChI is InChI=1S/C14H12N2O2S/c17-14(18)11-2-1-3-12-13(11)15-9-16(12)6-4-10-5-7-19-8-10/h1-3,5,7-9H,4,6H2,(H,17,18). The molecule has 0 radical (unpaired) electrons. The fourth-order valence-corrected chi connectivity index (χ4v) is 2.83. The lowest BCUT2D eigenvalue weighted by atomic mass is 10.2. The number of carbonyl (C=O) groups is 1. The van der Waals surface area contributed by atoms with Gasteiger partial charge in [0.2, 0.25) is 0 Å². The Bertz CT molecular complexity index is 716. The van der Waals surface area contributed by atoms with Gasteiger partial charge in [-0.1, -0.05) is 6.07 Å². The van der Waals surface area contributed by atoms with E-state index in [0.29, 0.717) is 5.52 Å². The van der Waals surface area contributed by atoms with Crippen molar-refractivity contribution in [2.45, 2.75) is 13.0 Å². The maximum Gasteiger partial charge on any atom is 0.337 e. The minimum Gasteiger partial charge on any atom is -0.478 e. The molecule has 0 fully saturated rings. The number of rotatable bonds is 4. The molecule has 5 heteroatoms. The zero-order chi connectivity index (χ0) is 13.2. The van der Waals surface area contributed by atoms with Gasteiger partial charge in [0, 0.05) is 6.54 Å². The molecule has 4 nitrogen and oxygen atoms in total. The van der Waals surface area contributed by atoms with Crippen molar-refractivity contribution in [3.63, 3.8) is 0 Å². The molecular weight excluding hydrogens is 260 g/mol. The van der Waals surface area contributed by atoms with Crippen molar-refractivity contribution >= 4 is 28.3 Å². The highest BCUT2D eigenvalue weighted by atomic mass is 32.1. The van der Waals surface area contributed by atoms with Crippen LogP contribution in [0.15, 0.2) is 41.4 Å². The smallest absolute Gasteiger partial charge is 0.337 e. The van der Waals surface area contributed by atoms with Gasteiger partial charge in [-0.15, -0.1) is 0 Å². The Hall–Kier alpha value is -2.14. The largest absolute Gasteiger partial charge is 0.478 e. The number of imidazole rings is 1. The van der Waals surface area contributed by atoms with Crippen molar-refractivity contribution in [1.82, 2.24) is 9.55 Å². The van der Waals surface area contributed by atoms with E-state index in [2.05, 4.69) is 21.8 Å². The molecule has 0 atom stereocenters. The first-order chi connectivity index (χ1) is 9.25. The summed E-state index contributed by atoms with van der Waals surface area (Å²) in [5.74, 6) is -0.936. The molecule has 2 heterocycles. The molecule has 0 bridgehead atoms. The fourth-order valence-electron chi connectivity index (χ4n) is 2.12. The summed E-state index contributed by atoms with van der Waals surface area (Å²) in [6.07, 6.45) is 2.63. The van der Waals surface area contributed by atoms with Crippen LogP contribution in [0.3, 0.4) is 0 Å². The summed E-state index contributed by atoms with van der Waals surface area (Å²) in [4.78, 5) is 15.3. The van der Waals surface area contributed by atoms with E-state index in [1.54, 1.807) is 29.8 Å². The third-order valence-corrected chi connectivity index (χ3v) is 3.83. The van der Waals surface area contributed by atoms with Crippen LogP contribution in [-0.4, -0.2) is 20.6 Å². The maximum absolute atomic E-state index is 11.1. The van der Waals surface area contributed by atoms with E-state index in [-0.39, 0.29) is 5.56 Å². The van der Waals surface area contributed by atoms with Crippen LogP contribution in [0.2, 0.25) is 0 Å². The molecule has 0 aliphatic carbocycles. The Labute approximate surface area is 113 Å². The summed E-state index contributed by atoms with van der Waals surface area (Å²) in [5.41, 5.74) is 2.98. The second-order valence-corrected chi connectivity index (χ2v) is 5.08. The highest BCUT2D eigenvalue weighted by molar-refractivity contribution is 7.07. The third-order valence-electron chi connectivity index (χ3n) is 3.10. The minimum atomic E-state index is -0.936. The molecule has 0 saturated carbocycles. The van der Waals surface area contributed by atoms with Crippen LogP contribution in [-0.2, 0) is 13.0 Å². The van der Waals surface area contributed by atoms with E-state index < -0.39 is 5.97 Å². The highest BCUT2D eigenvalue weighted by Crippen LogP contribution is 2.18. The van der Waals surface area contributed by atoms with Gasteiger partial charge in [0.25, 0.3) is 0 Å². The lowest BCUT2D eigenvalue weighted by molar-refractivity contribution is 0.0699. The van der Waals surface area contributed by atoms with Gasteiger partial charge >= 0.3 is 5.97 Å². The van der Waals surface area contributed by atoms with Crippen LogP contribution >= 0.6 is 11.3 Å². The number of hydrogen-bond donors (Lipinski definition) is 1. The molecule has 3 rings (SSSR count). The van der Waals surface area contributed by atoms with E-state index in [9.17, 15) is 4.79 Å². The summed E-state index contributed by atoms with van der Waals surface area (Å²) >= 11 is 1.68. The summed E-state index contributed by atoms with van der Waals surface area (Å²) in [6, 6.07) is 7.35. The quantitative estimate of drug-likeness (QED) is 0.794. The van der Waals surface area contributed by atoms with Crippen molar-refractivity contribution in [1.29, 1.82) is 0 Å². The predicted octanol–water partition coefficient (Wildman–Crippen LogP) is 3.04. The molecule has 1 N–H and O–H groups in total. The first kappa shape index (κ1) is 11.9. The monoisotopic (exact) mass is 272 g/mol. The fraction of sp³-hybridized carbons (Fsp3) is 0.143. The Balaban J connectivity index is 1.92. The molecule has 96 valence electrons. The van der Waals surface area contributed by atoms with Crippen molar-refractivity contribution in [2.75, 3.05) is 0 Å². The first-order valence-corrected chi connectivity index (χ1v) is 6.88. The van der Waals surface area contributed by atoms with Gasteiger partial charge in [-0.2, -0.15) is 11.3 Å². The van der Waals surface area contributed by atoms with Gasteiger partial charge in [-0.05, 0) is 40.9 Å². The Morgan fingerprint density at radius 3 is 3.00 bits per heavy atom. The van der Waals surface area contributed by atoms with Crippen LogP contribution in [0.25, 0.3) is 11.0 Å². The van der Waals surface area contributed by atoms with Crippen molar-refractivity contribution in [3.8, 4) is 0 Å². The van der Waals surface area contributed by atoms with Gasteiger partial charge in [0.15, 0.2) is 0 Å². The number of para-hydroxylation sites is 1. The normalized spacial score (nSPS) is 10.9. The summed E-state index contributed by atoms with van der Waals surface area (Å²) in [7, 11) is 0. The number of thiophene rings is 1. The average Bonchev–Trinajstić information content (AvgIpc) is 3.05. The Morgan fingerprint density at radius 2 is 2.26 bits per heavy atom. The van der Waals surface area contributed by atoms with Crippen LogP contribution in [0.4, 0.5) is 0 Å². The molecule has 0 spiro atoms. The number of carboxylic acids is 1.